The number of nitrogens with zero attached hydrogens (tertiary/aromatic N) is 2. The lowest BCUT2D eigenvalue weighted by Crippen LogP contribution is -2.61. The van der Waals surface area contributed by atoms with Crippen molar-refractivity contribution in [2.24, 2.45) is 17.8 Å². The van der Waals surface area contributed by atoms with Gasteiger partial charge in [0, 0.05) is 31.5 Å². The highest BCUT2D eigenvalue weighted by Gasteiger charge is 2.51. The van der Waals surface area contributed by atoms with Crippen LogP contribution in [0.25, 0.3) is 0 Å². The van der Waals surface area contributed by atoms with Gasteiger partial charge in [-0.3, -0.25) is 9.88 Å². The normalized spacial score (nSPS) is 47.4. The van der Waals surface area contributed by atoms with Gasteiger partial charge < -0.3 is 5.11 Å². The molecule has 0 amide bonds. The van der Waals surface area contributed by atoms with Gasteiger partial charge in [0.2, 0.25) is 0 Å². The number of piperidine rings is 3. The maximum atomic E-state index is 10.1. The van der Waals surface area contributed by atoms with Gasteiger partial charge in [-0.05, 0) is 42.2 Å². The van der Waals surface area contributed by atoms with Crippen LogP contribution in [0.5, 0.6) is 0 Å². The number of aliphatic hydroxyl groups excluding tert-OH is 1. The van der Waals surface area contributed by atoms with Crippen LogP contribution >= 0.6 is 0 Å². The summed E-state index contributed by atoms with van der Waals surface area (Å²) in [7, 11) is 0. The molecule has 4 aliphatic rings. The molecule has 1 aromatic rings. The number of aromatic nitrogens is 1. The zero-order valence-electron chi connectivity index (χ0n) is 9.87. The second kappa shape index (κ2) is 3.53. The van der Waals surface area contributed by atoms with Gasteiger partial charge in [0.05, 0.1) is 6.10 Å². The van der Waals surface area contributed by atoms with E-state index in [-0.39, 0.29) is 6.10 Å². The molecule has 3 atom stereocenters. The van der Waals surface area contributed by atoms with Crippen LogP contribution < -0.4 is 0 Å². The number of aliphatic hydroxyl groups is 1. The van der Waals surface area contributed by atoms with Crippen LogP contribution in [-0.2, 0) is 0 Å². The summed E-state index contributed by atoms with van der Waals surface area (Å²) >= 11 is 0. The van der Waals surface area contributed by atoms with E-state index in [2.05, 4.69) is 16.0 Å². The van der Waals surface area contributed by atoms with Crippen LogP contribution in [0.4, 0.5) is 0 Å². The van der Waals surface area contributed by atoms with Gasteiger partial charge in [0.1, 0.15) is 0 Å². The molecule has 4 bridgehead atoms. The first-order valence-corrected chi connectivity index (χ1v) is 6.65. The third kappa shape index (κ3) is 1.39. The monoisotopic (exact) mass is 230 g/mol. The van der Waals surface area contributed by atoms with Gasteiger partial charge in [0.15, 0.2) is 0 Å². The quantitative estimate of drug-likeness (QED) is 0.793. The first-order chi connectivity index (χ1) is 8.33. The summed E-state index contributed by atoms with van der Waals surface area (Å²) in [5.74, 6) is 1.79. The molecule has 0 aromatic carbocycles. The van der Waals surface area contributed by atoms with Crippen LogP contribution in [0.1, 0.15) is 24.4 Å². The molecular weight excluding hydrogens is 212 g/mol. The molecule has 5 rings (SSSR count). The van der Waals surface area contributed by atoms with Crippen LogP contribution in [0.15, 0.2) is 24.5 Å². The van der Waals surface area contributed by atoms with Crippen molar-refractivity contribution in [3.05, 3.63) is 30.1 Å². The first-order valence-electron chi connectivity index (χ1n) is 6.65. The van der Waals surface area contributed by atoms with Crippen molar-refractivity contribution < 1.29 is 5.11 Å². The lowest BCUT2D eigenvalue weighted by molar-refractivity contribution is -0.139. The third-order valence-electron chi connectivity index (χ3n) is 4.98. The molecule has 0 spiro atoms. The minimum atomic E-state index is -0.0302. The molecule has 3 nitrogen and oxygen atoms in total. The molecule has 3 saturated heterocycles. The summed E-state index contributed by atoms with van der Waals surface area (Å²) in [6.07, 6.45) is 6.24. The second-order valence-electron chi connectivity index (χ2n) is 5.93. The number of hydrogen-bond acceptors (Lipinski definition) is 3. The summed E-state index contributed by atoms with van der Waals surface area (Å²) in [5.41, 5.74) is 1.37. The minimum Gasteiger partial charge on any atom is -0.392 e. The Bertz CT molecular complexity index is 389. The zero-order chi connectivity index (χ0) is 11.4. The molecular formula is C14H18N2O. The van der Waals surface area contributed by atoms with Crippen molar-refractivity contribution in [2.45, 2.75) is 25.0 Å². The van der Waals surface area contributed by atoms with Crippen LogP contribution in [-0.4, -0.2) is 34.2 Å². The fraction of sp³-hybridized carbons (Fsp3) is 0.643. The SMILES string of the molecule is OC1C2CC3CC1CN(C2)C3c1cccnc1. The molecule has 0 radical (unpaired) electrons. The molecule has 3 heteroatoms. The molecule has 1 saturated carbocycles. The Labute approximate surface area is 101 Å². The summed E-state index contributed by atoms with van der Waals surface area (Å²) in [6, 6.07) is 4.80. The van der Waals surface area contributed by atoms with Crippen LogP contribution in [0.2, 0.25) is 0 Å². The highest BCUT2D eigenvalue weighted by Crippen LogP contribution is 2.52. The largest absolute Gasteiger partial charge is 0.392 e. The topological polar surface area (TPSA) is 36.4 Å². The van der Waals surface area contributed by atoms with Crippen molar-refractivity contribution >= 4 is 0 Å². The fourth-order valence-corrected chi connectivity index (χ4v) is 4.40. The van der Waals surface area contributed by atoms with Gasteiger partial charge in [-0.1, -0.05) is 6.07 Å². The van der Waals surface area contributed by atoms with Gasteiger partial charge in [-0.15, -0.1) is 0 Å². The highest BCUT2D eigenvalue weighted by atomic mass is 16.3. The van der Waals surface area contributed by atoms with Crippen LogP contribution in [0.3, 0.4) is 0 Å². The fourth-order valence-electron chi connectivity index (χ4n) is 4.40. The maximum Gasteiger partial charge on any atom is 0.0621 e. The van der Waals surface area contributed by atoms with Crippen LogP contribution in [0, 0.1) is 17.8 Å². The number of pyridine rings is 1. The second-order valence-corrected chi connectivity index (χ2v) is 5.93. The predicted molar refractivity (Wildman–Crippen MR) is 64.3 cm³/mol. The molecule has 1 N–H and O–H groups in total. The molecule has 3 aliphatic heterocycles. The first kappa shape index (κ1) is 10.0. The lowest BCUT2D eigenvalue weighted by Gasteiger charge is -2.58. The number of rotatable bonds is 1. The molecule has 1 aliphatic carbocycles. The van der Waals surface area contributed by atoms with Gasteiger partial charge >= 0.3 is 0 Å². The van der Waals surface area contributed by atoms with E-state index in [9.17, 15) is 5.11 Å². The van der Waals surface area contributed by atoms with Crippen molar-refractivity contribution in [1.29, 1.82) is 0 Å². The average Bonchev–Trinajstić information content (AvgIpc) is 2.35. The Balaban J connectivity index is 1.68. The highest BCUT2D eigenvalue weighted by molar-refractivity contribution is 5.19. The van der Waals surface area contributed by atoms with Crippen molar-refractivity contribution in [2.75, 3.05) is 13.1 Å². The Morgan fingerprint density at radius 3 is 2.53 bits per heavy atom. The van der Waals surface area contributed by atoms with E-state index in [1.54, 1.807) is 0 Å². The summed E-state index contributed by atoms with van der Waals surface area (Å²) < 4.78 is 0. The van der Waals surface area contributed by atoms with E-state index >= 15 is 0 Å². The molecule has 4 fully saturated rings. The Hall–Kier alpha value is -0.930. The predicted octanol–water partition coefficient (Wildman–Crippen LogP) is 1.46. The molecule has 1 aromatic heterocycles. The Morgan fingerprint density at radius 1 is 1.18 bits per heavy atom. The van der Waals surface area contributed by atoms with E-state index in [0.29, 0.717) is 17.9 Å². The standard InChI is InChI=1S/C14H18N2O/c17-14-11-4-10-5-12(14)8-16(7-11)13(10)9-2-1-3-15-6-9/h1-3,6,10-14,17H,4-5,7-8H2. The number of hydrogen-bond donors (Lipinski definition) is 1. The summed E-state index contributed by atoms with van der Waals surface area (Å²) in [4.78, 5) is 6.84. The molecule has 4 heterocycles. The molecule has 17 heavy (non-hydrogen) atoms. The van der Waals surface area contributed by atoms with E-state index in [0.717, 1.165) is 19.0 Å². The van der Waals surface area contributed by atoms with E-state index in [4.69, 9.17) is 0 Å². The van der Waals surface area contributed by atoms with Gasteiger partial charge in [-0.2, -0.15) is 0 Å². The van der Waals surface area contributed by atoms with E-state index in [1.807, 2.05) is 18.5 Å². The summed E-state index contributed by atoms with van der Waals surface area (Å²) in [6.45, 7) is 2.15. The molecule has 90 valence electrons. The molecule has 3 unspecified atom stereocenters. The van der Waals surface area contributed by atoms with Gasteiger partial charge in [-0.25, -0.2) is 0 Å². The van der Waals surface area contributed by atoms with Gasteiger partial charge in [0.25, 0.3) is 0 Å². The Kier molecular flexibility index (Phi) is 2.08. The third-order valence-corrected chi connectivity index (χ3v) is 4.98. The summed E-state index contributed by atoms with van der Waals surface area (Å²) in [5, 5.41) is 10.1. The maximum absolute atomic E-state index is 10.1. The van der Waals surface area contributed by atoms with E-state index in [1.165, 1.54) is 18.4 Å². The Morgan fingerprint density at radius 2 is 1.94 bits per heavy atom. The van der Waals surface area contributed by atoms with Crippen molar-refractivity contribution in [3.63, 3.8) is 0 Å². The lowest BCUT2D eigenvalue weighted by atomic mass is 9.62. The van der Waals surface area contributed by atoms with Crippen molar-refractivity contribution in [1.82, 2.24) is 9.88 Å². The van der Waals surface area contributed by atoms with E-state index < -0.39 is 0 Å². The smallest absolute Gasteiger partial charge is 0.0621 e. The minimum absolute atomic E-state index is 0.0302. The average molecular weight is 230 g/mol. The van der Waals surface area contributed by atoms with Crippen molar-refractivity contribution in [3.8, 4) is 0 Å². The zero-order valence-corrected chi connectivity index (χ0v) is 9.87.